The summed E-state index contributed by atoms with van der Waals surface area (Å²) in [5.41, 5.74) is 1.40. The van der Waals surface area contributed by atoms with Gasteiger partial charge in [-0.25, -0.2) is 0 Å². The summed E-state index contributed by atoms with van der Waals surface area (Å²) in [6, 6.07) is 7.07. The summed E-state index contributed by atoms with van der Waals surface area (Å²) in [5.74, 6) is 6.16. The van der Waals surface area contributed by atoms with E-state index in [2.05, 4.69) is 22.0 Å². The molecule has 0 saturated carbocycles. The van der Waals surface area contributed by atoms with Crippen molar-refractivity contribution in [2.24, 2.45) is 0 Å². The largest absolute Gasteiger partial charge is 0.384 e. The normalized spacial score (nSPS) is 13.3. The molecule has 6 nitrogen and oxygen atoms in total. The SMILES string of the molecule is O=C(c1ccc(C#CCO)cc1)N1CCn2cnnc2C1. The number of nitrogens with zero attached hydrogens (tertiary/aromatic N) is 4. The molecule has 106 valence electrons. The van der Waals surface area contributed by atoms with Gasteiger partial charge in [0.1, 0.15) is 12.9 Å². The number of amides is 1. The molecule has 3 rings (SSSR count). The van der Waals surface area contributed by atoms with Crippen LogP contribution in [0, 0.1) is 11.8 Å². The standard InChI is InChI=1S/C15H14N4O2/c20-9-1-2-12-3-5-13(6-4-12)15(21)18-7-8-19-11-16-17-14(19)10-18/h3-6,11,20H,7-10H2. The van der Waals surface area contributed by atoms with Crippen molar-refractivity contribution in [3.8, 4) is 11.8 Å². The van der Waals surface area contributed by atoms with E-state index in [0.717, 1.165) is 11.4 Å². The number of aliphatic hydroxyl groups is 1. The van der Waals surface area contributed by atoms with Gasteiger partial charge in [-0.2, -0.15) is 0 Å². The zero-order valence-electron chi connectivity index (χ0n) is 11.4. The van der Waals surface area contributed by atoms with Gasteiger partial charge in [-0.3, -0.25) is 4.79 Å². The summed E-state index contributed by atoms with van der Waals surface area (Å²) < 4.78 is 1.96. The van der Waals surface area contributed by atoms with Crippen LogP contribution in [0.4, 0.5) is 0 Å². The van der Waals surface area contributed by atoms with Crippen LogP contribution in [0.5, 0.6) is 0 Å². The zero-order chi connectivity index (χ0) is 14.7. The molecule has 1 amide bonds. The maximum atomic E-state index is 12.4. The molecule has 0 bridgehead atoms. The highest BCUT2D eigenvalue weighted by Gasteiger charge is 2.22. The summed E-state index contributed by atoms with van der Waals surface area (Å²) in [7, 11) is 0. The van der Waals surface area contributed by atoms with Crippen molar-refractivity contribution in [1.82, 2.24) is 19.7 Å². The third-order valence-electron chi connectivity index (χ3n) is 3.37. The monoisotopic (exact) mass is 282 g/mol. The van der Waals surface area contributed by atoms with Crippen LogP contribution >= 0.6 is 0 Å². The number of hydrogen-bond acceptors (Lipinski definition) is 4. The summed E-state index contributed by atoms with van der Waals surface area (Å²) in [4.78, 5) is 14.2. The Morgan fingerprint density at radius 1 is 1.29 bits per heavy atom. The fraction of sp³-hybridized carbons (Fsp3) is 0.267. The second-order valence-corrected chi connectivity index (χ2v) is 4.70. The van der Waals surface area contributed by atoms with E-state index < -0.39 is 0 Å². The van der Waals surface area contributed by atoms with Crippen molar-refractivity contribution in [3.05, 3.63) is 47.5 Å². The number of carbonyl (C=O) groups is 1. The Morgan fingerprint density at radius 3 is 2.86 bits per heavy atom. The van der Waals surface area contributed by atoms with Crippen molar-refractivity contribution in [1.29, 1.82) is 0 Å². The van der Waals surface area contributed by atoms with E-state index in [9.17, 15) is 4.79 Å². The van der Waals surface area contributed by atoms with E-state index in [0.29, 0.717) is 25.2 Å². The molecule has 2 heterocycles. The van der Waals surface area contributed by atoms with Gasteiger partial charge in [0.15, 0.2) is 5.82 Å². The molecule has 1 aromatic heterocycles. The molecular formula is C15H14N4O2. The van der Waals surface area contributed by atoms with Crippen LogP contribution in [-0.2, 0) is 13.1 Å². The second-order valence-electron chi connectivity index (χ2n) is 4.70. The predicted molar refractivity (Wildman–Crippen MR) is 75.2 cm³/mol. The van der Waals surface area contributed by atoms with Crippen LogP contribution in [0.15, 0.2) is 30.6 Å². The molecule has 1 aliphatic rings. The van der Waals surface area contributed by atoms with Gasteiger partial charge in [0.05, 0.1) is 6.54 Å². The minimum Gasteiger partial charge on any atom is -0.384 e. The van der Waals surface area contributed by atoms with Crippen LogP contribution < -0.4 is 0 Å². The molecule has 2 aromatic rings. The Balaban J connectivity index is 1.74. The van der Waals surface area contributed by atoms with Gasteiger partial charge < -0.3 is 14.6 Å². The Hall–Kier alpha value is -2.65. The molecule has 1 N–H and O–H groups in total. The molecule has 21 heavy (non-hydrogen) atoms. The Kier molecular flexibility index (Phi) is 3.67. The van der Waals surface area contributed by atoms with Gasteiger partial charge in [0.2, 0.25) is 0 Å². The van der Waals surface area contributed by atoms with Gasteiger partial charge in [0, 0.05) is 24.2 Å². The molecule has 0 unspecified atom stereocenters. The number of aromatic nitrogens is 3. The van der Waals surface area contributed by atoms with Crippen LogP contribution in [0.1, 0.15) is 21.7 Å². The first-order chi connectivity index (χ1) is 10.3. The summed E-state index contributed by atoms with van der Waals surface area (Å²) in [6.07, 6.45) is 1.69. The second kappa shape index (κ2) is 5.77. The van der Waals surface area contributed by atoms with Crippen molar-refractivity contribution in [2.45, 2.75) is 13.1 Å². The maximum Gasteiger partial charge on any atom is 0.254 e. The van der Waals surface area contributed by atoms with Gasteiger partial charge in [-0.1, -0.05) is 11.8 Å². The summed E-state index contributed by atoms with van der Waals surface area (Å²) >= 11 is 0. The number of rotatable bonds is 1. The number of fused-ring (bicyclic) bond motifs is 1. The van der Waals surface area contributed by atoms with Crippen molar-refractivity contribution in [3.63, 3.8) is 0 Å². The summed E-state index contributed by atoms with van der Waals surface area (Å²) in [5, 5.41) is 16.5. The lowest BCUT2D eigenvalue weighted by atomic mass is 10.1. The highest BCUT2D eigenvalue weighted by molar-refractivity contribution is 5.94. The van der Waals surface area contributed by atoms with E-state index in [1.54, 1.807) is 35.5 Å². The average Bonchev–Trinajstić information content (AvgIpc) is 3.00. The van der Waals surface area contributed by atoms with Crippen molar-refractivity contribution < 1.29 is 9.90 Å². The van der Waals surface area contributed by atoms with E-state index in [1.165, 1.54) is 0 Å². The van der Waals surface area contributed by atoms with Gasteiger partial charge in [-0.15, -0.1) is 10.2 Å². The highest BCUT2D eigenvalue weighted by atomic mass is 16.2. The average molecular weight is 282 g/mol. The fourth-order valence-corrected chi connectivity index (χ4v) is 2.26. The molecule has 0 aliphatic carbocycles. The van der Waals surface area contributed by atoms with Crippen LogP contribution in [0.2, 0.25) is 0 Å². The number of aliphatic hydroxyl groups excluding tert-OH is 1. The number of benzene rings is 1. The molecule has 1 aliphatic heterocycles. The Bertz CT molecular complexity index is 709. The van der Waals surface area contributed by atoms with Gasteiger partial charge in [0.25, 0.3) is 5.91 Å². The molecule has 0 spiro atoms. The topological polar surface area (TPSA) is 71.2 Å². The molecular weight excluding hydrogens is 268 g/mol. The highest BCUT2D eigenvalue weighted by Crippen LogP contribution is 2.13. The van der Waals surface area contributed by atoms with E-state index in [1.807, 2.05) is 4.57 Å². The molecule has 0 fully saturated rings. The lowest BCUT2D eigenvalue weighted by Gasteiger charge is -2.27. The molecule has 1 aromatic carbocycles. The third kappa shape index (κ3) is 2.78. The van der Waals surface area contributed by atoms with Gasteiger partial charge >= 0.3 is 0 Å². The predicted octanol–water partition coefficient (Wildman–Crippen LogP) is 0.278. The Labute approximate surface area is 122 Å². The lowest BCUT2D eigenvalue weighted by molar-refractivity contribution is 0.0707. The number of hydrogen-bond donors (Lipinski definition) is 1. The van der Waals surface area contributed by atoms with Crippen molar-refractivity contribution in [2.75, 3.05) is 13.2 Å². The molecule has 0 radical (unpaired) electrons. The molecule has 6 heteroatoms. The quantitative estimate of drug-likeness (QED) is 0.763. The zero-order valence-corrected chi connectivity index (χ0v) is 11.4. The smallest absolute Gasteiger partial charge is 0.254 e. The van der Waals surface area contributed by atoms with E-state index in [4.69, 9.17) is 5.11 Å². The minimum absolute atomic E-state index is 0.0223. The van der Waals surface area contributed by atoms with E-state index in [-0.39, 0.29) is 12.5 Å². The Morgan fingerprint density at radius 2 is 2.10 bits per heavy atom. The van der Waals surface area contributed by atoms with E-state index >= 15 is 0 Å². The van der Waals surface area contributed by atoms with Crippen LogP contribution in [0.3, 0.4) is 0 Å². The number of carbonyl (C=O) groups excluding carboxylic acids is 1. The van der Waals surface area contributed by atoms with Crippen LogP contribution in [-0.4, -0.2) is 43.8 Å². The van der Waals surface area contributed by atoms with Crippen molar-refractivity contribution >= 4 is 5.91 Å². The molecule has 0 atom stereocenters. The fourth-order valence-electron chi connectivity index (χ4n) is 2.26. The first-order valence-corrected chi connectivity index (χ1v) is 6.63. The minimum atomic E-state index is -0.171. The first kappa shape index (κ1) is 13.3. The first-order valence-electron chi connectivity index (χ1n) is 6.63. The summed E-state index contributed by atoms with van der Waals surface area (Å²) in [6.45, 7) is 1.67. The lowest BCUT2D eigenvalue weighted by Crippen LogP contribution is -2.38. The van der Waals surface area contributed by atoms with Gasteiger partial charge in [-0.05, 0) is 24.3 Å². The van der Waals surface area contributed by atoms with Crippen LogP contribution in [0.25, 0.3) is 0 Å². The maximum absolute atomic E-state index is 12.4. The molecule has 0 saturated heterocycles. The third-order valence-corrected chi connectivity index (χ3v) is 3.37.